The van der Waals surface area contributed by atoms with Crippen LogP contribution >= 0.6 is 11.6 Å². The molecule has 24 heavy (non-hydrogen) atoms. The quantitative estimate of drug-likeness (QED) is 0.796. The molecule has 1 atom stereocenters. The lowest BCUT2D eigenvalue weighted by Gasteiger charge is -2.35. The lowest BCUT2D eigenvalue weighted by Crippen LogP contribution is -2.55. The molecule has 2 N–H and O–H groups in total. The first-order valence-corrected chi connectivity index (χ1v) is 8.08. The Balaban J connectivity index is 1.76. The van der Waals surface area contributed by atoms with Gasteiger partial charge in [-0.3, -0.25) is 9.59 Å². The zero-order valence-corrected chi connectivity index (χ0v) is 14.4. The van der Waals surface area contributed by atoms with Gasteiger partial charge in [-0.2, -0.15) is 0 Å². The Bertz CT molecular complexity index is 559. The highest BCUT2D eigenvalue weighted by atomic mass is 35.5. The number of ether oxygens (including phenoxy) is 2. The van der Waals surface area contributed by atoms with Crippen LogP contribution in [0.1, 0.15) is 0 Å². The van der Waals surface area contributed by atoms with Crippen molar-refractivity contribution < 1.29 is 19.1 Å². The molecular weight excluding hydrogens is 334 g/mol. The van der Waals surface area contributed by atoms with E-state index in [1.54, 1.807) is 34.1 Å². The number of nitrogens with zero attached hydrogens (tertiary/aromatic N) is 2. The van der Waals surface area contributed by atoms with Crippen LogP contribution in [0.15, 0.2) is 24.3 Å². The van der Waals surface area contributed by atoms with Gasteiger partial charge in [0, 0.05) is 38.3 Å². The molecule has 0 saturated carbocycles. The molecule has 1 aliphatic heterocycles. The van der Waals surface area contributed by atoms with Crippen molar-refractivity contribution in [3.63, 3.8) is 0 Å². The summed E-state index contributed by atoms with van der Waals surface area (Å²) in [4.78, 5) is 27.6. The van der Waals surface area contributed by atoms with Crippen LogP contribution < -0.4 is 10.5 Å². The maximum absolute atomic E-state index is 12.2. The summed E-state index contributed by atoms with van der Waals surface area (Å²) in [6, 6.07) is 6.17. The molecule has 8 heteroatoms. The fourth-order valence-corrected chi connectivity index (χ4v) is 2.55. The standard InChI is InChI=1S/C16H22ClN3O4/c1-23-10-14(18)16(22)20-8-6-19(7-9-20)15(21)11-24-13-4-2-12(17)3-5-13/h2-5,14H,6-11,18H2,1H3. The Morgan fingerprint density at radius 2 is 1.75 bits per heavy atom. The highest BCUT2D eigenvalue weighted by Crippen LogP contribution is 2.15. The Morgan fingerprint density at radius 1 is 1.17 bits per heavy atom. The minimum atomic E-state index is -0.662. The molecule has 1 fully saturated rings. The van der Waals surface area contributed by atoms with Crippen molar-refractivity contribution in [1.29, 1.82) is 0 Å². The fraction of sp³-hybridized carbons (Fsp3) is 0.500. The summed E-state index contributed by atoms with van der Waals surface area (Å²) in [6.45, 7) is 2.00. The van der Waals surface area contributed by atoms with Gasteiger partial charge in [-0.05, 0) is 24.3 Å². The average molecular weight is 356 g/mol. The molecule has 0 aromatic heterocycles. The van der Waals surface area contributed by atoms with Gasteiger partial charge in [0.25, 0.3) is 5.91 Å². The van der Waals surface area contributed by atoms with Crippen LogP contribution in [-0.2, 0) is 14.3 Å². The van der Waals surface area contributed by atoms with E-state index in [1.807, 2.05) is 0 Å². The highest BCUT2D eigenvalue weighted by molar-refractivity contribution is 6.30. The zero-order valence-electron chi connectivity index (χ0n) is 13.6. The van der Waals surface area contributed by atoms with Gasteiger partial charge in [0.2, 0.25) is 5.91 Å². The molecule has 0 radical (unpaired) electrons. The Labute approximate surface area is 146 Å². The van der Waals surface area contributed by atoms with Crippen molar-refractivity contribution in [3.8, 4) is 5.75 Å². The van der Waals surface area contributed by atoms with Crippen LogP contribution in [0.3, 0.4) is 0 Å². The van der Waals surface area contributed by atoms with Gasteiger partial charge in [0.15, 0.2) is 6.61 Å². The monoisotopic (exact) mass is 355 g/mol. The predicted octanol–water partition coefficient (Wildman–Crippen LogP) is 0.363. The highest BCUT2D eigenvalue weighted by Gasteiger charge is 2.27. The first-order valence-electron chi connectivity index (χ1n) is 7.70. The Kier molecular flexibility index (Phi) is 6.84. The number of amides is 2. The number of carbonyl (C=O) groups excluding carboxylic acids is 2. The summed E-state index contributed by atoms with van der Waals surface area (Å²) in [7, 11) is 1.50. The van der Waals surface area contributed by atoms with E-state index in [4.69, 9.17) is 26.8 Å². The van der Waals surface area contributed by atoms with Gasteiger partial charge < -0.3 is 25.0 Å². The summed E-state index contributed by atoms with van der Waals surface area (Å²) in [5, 5.41) is 0.612. The van der Waals surface area contributed by atoms with Crippen LogP contribution in [0.4, 0.5) is 0 Å². The second-order valence-electron chi connectivity index (χ2n) is 5.51. The normalized spacial score (nSPS) is 16.0. The molecule has 1 aromatic rings. The number of rotatable bonds is 6. The van der Waals surface area contributed by atoms with Gasteiger partial charge in [0.05, 0.1) is 6.61 Å². The van der Waals surface area contributed by atoms with Crippen LogP contribution in [0.5, 0.6) is 5.75 Å². The number of nitrogens with two attached hydrogens (primary N) is 1. The summed E-state index contributed by atoms with van der Waals surface area (Å²) in [5.41, 5.74) is 5.75. The summed E-state index contributed by atoms with van der Waals surface area (Å²) in [6.07, 6.45) is 0. The summed E-state index contributed by atoms with van der Waals surface area (Å²) < 4.78 is 10.3. The maximum Gasteiger partial charge on any atom is 0.260 e. The number of halogens is 1. The molecule has 1 heterocycles. The van der Waals surface area contributed by atoms with Crippen molar-refractivity contribution >= 4 is 23.4 Å². The van der Waals surface area contributed by atoms with E-state index in [-0.39, 0.29) is 25.0 Å². The van der Waals surface area contributed by atoms with Crippen LogP contribution in [0.25, 0.3) is 0 Å². The number of carbonyl (C=O) groups is 2. The Hall–Kier alpha value is -1.83. The molecular formula is C16H22ClN3O4. The van der Waals surface area contributed by atoms with E-state index >= 15 is 0 Å². The van der Waals surface area contributed by atoms with Crippen LogP contribution in [0.2, 0.25) is 5.02 Å². The molecule has 2 rings (SSSR count). The lowest BCUT2D eigenvalue weighted by molar-refractivity contribution is -0.142. The van der Waals surface area contributed by atoms with E-state index in [2.05, 4.69) is 0 Å². The van der Waals surface area contributed by atoms with E-state index in [0.29, 0.717) is 37.0 Å². The molecule has 0 bridgehead atoms. The number of hydrogen-bond acceptors (Lipinski definition) is 5. The Morgan fingerprint density at radius 3 is 2.33 bits per heavy atom. The van der Waals surface area contributed by atoms with Crippen molar-refractivity contribution in [3.05, 3.63) is 29.3 Å². The third-order valence-corrected chi connectivity index (χ3v) is 4.04. The third-order valence-electron chi connectivity index (χ3n) is 3.78. The lowest BCUT2D eigenvalue weighted by atomic mass is 10.2. The summed E-state index contributed by atoms with van der Waals surface area (Å²) in [5.74, 6) is 0.326. The average Bonchev–Trinajstić information content (AvgIpc) is 2.60. The minimum Gasteiger partial charge on any atom is -0.484 e. The first kappa shape index (κ1) is 18.5. The molecule has 2 amide bonds. The molecule has 7 nitrogen and oxygen atoms in total. The maximum atomic E-state index is 12.2. The van der Waals surface area contributed by atoms with Crippen molar-refractivity contribution in [2.24, 2.45) is 5.73 Å². The van der Waals surface area contributed by atoms with E-state index < -0.39 is 6.04 Å². The second kappa shape index (κ2) is 8.86. The second-order valence-corrected chi connectivity index (χ2v) is 5.95. The van der Waals surface area contributed by atoms with E-state index in [0.717, 1.165) is 0 Å². The first-order chi connectivity index (χ1) is 11.5. The fourth-order valence-electron chi connectivity index (χ4n) is 2.43. The van der Waals surface area contributed by atoms with Crippen LogP contribution in [-0.4, -0.2) is 74.2 Å². The molecule has 132 valence electrons. The van der Waals surface area contributed by atoms with Gasteiger partial charge in [0.1, 0.15) is 11.8 Å². The number of methoxy groups -OCH3 is 1. The number of piperazine rings is 1. The third kappa shape index (κ3) is 5.09. The van der Waals surface area contributed by atoms with Gasteiger partial charge >= 0.3 is 0 Å². The molecule has 1 aliphatic rings. The number of hydrogen-bond donors (Lipinski definition) is 1. The summed E-state index contributed by atoms with van der Waals surface area (Å²) >= 11 is 5.80. The predicted molar refractivity (Wildman–Crippen MR) is 90.0 cm³/mol. The van der Waals surface area contributed by atoms with E-state index in [9.17, 15) is 9.59 Å². The largest absolute Gasteiger partial charge is 0.484 e. The van der Waals surface area contributed by atoms with Gasteiger partial charge in [-0.15, -0.1) is 0 Å². The SMILES string of the molecule is COCC(N)C(=O)N1CCN(C(=O)COc2ccc(Cl)cc2)CC1. The number of benzene rings is 1. The molecule has 1 unspecified atom stereocenters. The minimum absolute atomic E-state index is 0.0429. The topological polar surface area (TPSA) is 85.1 Å². The van der Waals surface area contributed by atoms with Crippen molar-refractivity contribution in [1.82, 2.24) is 9.80 Å². The van der Waals surface area contributed by atoms with Crippen molar-refractivity contribution in [2.75, 3.05) is 46.5 Å². The van der Waals surface area contributed by atoms with Gasteiger partial charge in [-0.1, -0.05) is 11.6 Å². The van der Waals surface area contributed by atoms with E-state index in [1.165, 1.54) is 7.11 Å². The van der Waals surface area contributed by atoms with Crippen LogP contribution in [0, 0.1) is 0 Å². The zero-order chi connectivity index (χ0) is 17.5. The van der Waals surface area contributed by atoms with Gasteiger partial charge in [-0.25, -0.2) is 0 Å². The molecule has 0 aliphatic carbocycles. The molecule has 1 aromatic carbocycles. The molecule has 0 spiro atoms. The van der Waals surface area contributed by atoms with Crippen molar-refractivity contribution in [2.45, 2.75) is 6.04 Å². The molecule has 1 saturated heterocycles. The smallest absolute Gasteiger partial charge is 0.260 e.